The van der Waals surface area contributed by atoms with Crippen LogP contribution in [0.1, 0.15) is 34.7 Å². The van der Waals surface area contributed by atoms with Crippen molar-refractivity contribution in [3.05, 3.63) is 100.0 Å². The summed E-state index contributed by atoms with van der Waals surface area (Å²) in [5.41, 5.74) is 5.26. The van der Waals surface area contributed by atoms with Gasteiger partial charge in [0.15, 0.2) is 0 Å². The maximum atomic E-state index is 14.3. The van der Waals surface area contributed by atoms with Crippen molar-refractivity contribution in [3.8, 4) is 0 Å². The monoisotopic (exact) mass is 434 g/mol. The first kappa shape index (κ1) is 18.5. The van der Waals surface area contributed by atoms with Gasteiger partial charge in [-0.15, -0.1) is 11.8 Å². The molecule has 2 aliphatic rings. The molecule has 0 saturated heterocycles. The summed E-state index contributed by atoms with van der Waals surface area (Å²) in [5.74, 6) is 0.919. The third-order valence-corrected chi connectivity index (χ3v) is 7.97. The number of aromatic amines is 1. The van der Waals surface area contributed by atoms with Crippen LogP contribution in [0.25, 0.3) is 10.9 Å². The standard InChI is InChI=1S/C25H20ClFN2S/c26-20-7-3-1-5-16(20)18-14-28-25(11-12-30-22-10-9-15(27)13-19(22)25)24-23(18)17-6-2-4-8-21(17)29-24/h1-10,13,18,28-29H,11-12,14H2/t18-,25+/m0/s1. The van der Waals surface area contributed by atoms with E-state index in [2.05, 4.69) is 40.6 Å². The summed E-state index contributed by atoms with van der Waals surface area (Å²) < 4.78 is 14.3. The van der Waals surface area contributed by atoms with E-state index in [1.165, 1.54) is 10.9 Å². The highest BCUT2D eigenvalue weighted by Crippen LogP contribution is 2.51. The molecule has 4 aromatic rings. The second-order valence-corrected chi connectivity index (χ2v) is 9.60. The number of rotatable bonds is 1. The molecule has 1 aromatic heterocycles. The Morgan fingerprint density at radius 2 is 1.87 bits per heavy atom. The summed E-state index contributed by atoms with van der Waals surface area (Å²) >= 11 is 8.44. The zero-order chi connectivity index (χ0) is 20.3. The van der Waals surface area contributed by atoms with Gasteiger partial charge in [0.05, 0.1) is 5.54 Å². The lowest BCUT2D eigenvalue weighted by Crippen LogP contribution is -2.51. The maximum absolute atomic E-state index is 14.3. The number of hydrogen-bond acceptors (Lipinski definition) is 2. The van der Waals surface area contributed by atoms with Crippen LogP contribution in [-0.2, 0) is 5.54 Å². The topological polar surface area (TPSA) is 27.8 Å². The van der Waals surface area contributed by atoms with Crippen molar-refractivity contribution in [2.24, 2.45) is 0 Å². The molecule has 0 fully saturated rings. The van der Waals surface area contributed by atoms with Gasteiger partial charge in [-0.05, 0) is 53.4 Å². The SMILES string of the molecule is Fc1ccc2c(c1)[C@@]1(CCS2)NC[C@@H](c2ccccc2Cl)c2c1[nH]c1ccccc21. The lowest BCUT2D eigenvalue weighted by Gasteiger charge is -2.45. The third kappa shape index (κ3) is 2.60. The van der Waals surface area contributed by atoms with Crippen molar-refractivity contribution in [2.75, 3.05) is 12.3 Å². The van der Waals surface area contributed by atoms with Crippen molar-refractivity contribution < 1.29 is 4.39 Å². The highest BCUT2D eigenvalue weighted by atomic mass is 35.5. The molecular formula is C25H20ClFN2S. The van der Waals surface area contributed by atoms with Gasteiger partial charge in [0, 0.05) is 44.7 Å². The molecule has 2 N–H and O–H groups in total. The van der Waals surface area contributed by atoms with E-state index in [0.29, 0.717) is 0 Å². The van der Waals surface area contributed by atoms with Crippen LogP contribution in [0, 0.1) is 5.82 Å². The average molecular weight is 435 g/mol. The van der Waals surface area contributed by atoms with Crippen molar-refractivity contribution in [3.63, 3.8) is 0 Å². The van der Waals surface area contributed by atoms with Gasteiger partial charge in [0.2, 0.25) is 0 Å². The zero-order valence-corrected chi connectivity index (χ0v) is 17.8. The molecular weight excluding hydrogens is 415 g/mol. The molecule has 5 heteroatoms. The molecule has 2 atom stereocenters. The lowest BCUT2D eigenvalue weighted by atomic mass is 9.74. The molecule has 0 amide bonds. The third-order valence-electron chi connectivity index (χ3n) is 6.55. The summed E-state index contributed by atoms with van der Waals surface area (Å²) in [7, 11) is 0. The van der Waals surface area contributed by atoms with E-state index in [1.54, 1.807) is 23.9 Å². The number of aromatic nitrogens is 1. The number of thioether (sulfide) groups is 1. The quantitative estimate of drug-likeness (QED) is 0.361. The summed E-state index contributed by atoms with van der Waals surface area (Å²) in [5, 5.41) is 5.84. The summed E-state index contributed by atoms with van der Waals surface area (Å²) in [6.45, 7) is 0.749. The van der Waals surface area contributed by atoms with Gasteiger partial charge in [-0.25, -0.2) is 4.39 Å². The molecule has 3 heterocycles. The smallest absolute Gasteiger partial charge is 0.123 e. The number of halogens is 2. The highest BCUT2D eigenvalue weighted by Gasteiger charge is 2.46. The predicted molar refractivity (Wildman–Crippen MR) is 122 cm³/mol. The first-order valence-electron chi connectivity index (χ1n) is 10.2. The summed E-state index contributed by atoms with van der Waals surface area (Å²) in [6, 6.07) is 21.7. The Hall–Kier alpha value is -2.27. The molecule has 0 radical (unpaired) electrons. The van der Waals surface area contributed by atoms with Crippen LogP contribution in [0.2, 0.25) is 5.02 Å². The van der Waals surface area contributed by atoms with Gasteiger partial charge in [0.1, 0.15) is 5.82 Å². The highest BCUT2D eigenvalue weighted by molar-refractivity contribution is 7.99. The van der Waals surface area contributed by atoms with E-state index in [-0.39, 0.29) is 11.7 Å². The molecule has 2 nitrogen and oxygen atoms in total. The van der Waals surface area contributed by atoms with Crippen LogP contribution in [0.15, 0.2) is 71.6 Å². The molecule has 30 heavy (non-hydrogen) atoms. The van der Waals surface area contributed by atoms with Gasteiger partial charge in [-0.2, -0.15) is 0 Å². The Bertz CT molecular complexity index is 1280. The molecule has 0 aliphatic carbocycles. The fourth-order valence-corrected chi connectivity index (χ4v) is 6.65. The first-order chi connectivity index (χ1) is 14.7. The van der Waals surface area contributed by atoms with Gasteiger partial charge in [-0.3, -0.25) is 0 Å². The Balaban J connectivity index is 1.65. The largest absolute Gasteiger partial charge is 0.356 e. The second kappa shape index (κ2) is 6.88. The lowest BCUT2D eigenvalue weighted by molar-refractivity contribution is 0.339. The molecule has 0 unspecified atom stereocenters. The van der Waals surface area contributed by atoms with Gasteiger partial charge in [0.25, 0.3) is 0 Å². The molecule has 3 aromatic carbocycles. The van der Waals surface area contributed by atoms with Crippen LogP contribution in [-0.4, -0.2) is 17.3 Å². The minimum atomic E-state index is -0.422. The van der Waals surface area contributed by atoms with Crippen LogP contribution in [0.5, 0.6) is 0 Å². The Labute approximate surface area is 183 Å². The van der Waals surface area contributed by atoms with Crippen molar-refractivity contribution >= 4 is 34.3 Å². The van der Waals surface area contributed by atoms with Gasteiger partial charge in [-0.1, -0.05) is 48.0 Å². The summed E-state index contributed by atoms with van der Waals surface area (Å²) in [4.78, 5) is 4.87. The number of H-pyrrole nitrogens is 1. The van der Waals surface area contributed by atoms with Crippen molar-refractivity contribution in [1.29, 1.82) is 0 Å². The van der Waals surface area contributed by atoms with Crippen LogP contribution < -0.4 is 5.32 Å². The minimum Gasteiger partial charge on any atom is -0.356 e. The molecule has 0 saturated carbocycles. The number of fused-ring (bicyclic) bond motifs is 6. The normalized spacial score (nSPS) is 22.8. The number of benzene rings is 3. The Morgan fingerprint density at radius 3 is 2.77 bits per heavy atom. The number of nitrogens with one attached hydrogen (secondary N) is 2. The van der Waals surface area contributed by atoms with Crippen LogP contribution in [0.4, 0.5) is 4.39 Å². The van der Waals surface area contributed by atoms with Gasteiger partial charge >= 0.3 is 0 Å². The maximum Gasteiger partial charge on any atom is 0.123 e. The van der Waals surface area contributed by atoms with E-state index in [1.807, 2.05) is 24.3 Å². The average Bonchev–Trinajstić information content (AvgIpc) is 3.16. The van der Waals surface area contributed by atoms with E-state index in [4.69, 9.17) is 11.6 Å². The molecule has 150 valence electrons. The number of hydrogen-bond donors (Lipinski definition) is 2. The Kier molecular flexibility index (Phi) is 4.24. The van der Waals surface area contributed by atoms with Crippen molar-refractivity contribution in [1.82, 2.24) is 10.3 Å². The van der Waals surface area contributed by atoms with Crippen molar-refractivity contribution in [2.45, 2.75) is 22.8 Å². The van der Waals surface area contributed by atoms with Crippen LogP contribution in [0.3, 0.4) is 0 Å². The fraction of sp³-hybridized carbons (Fsp3) is 0.200. The van der Waals surface area contributed by atoms with E-state index in [9.17, 15) is 4.39 Å². The first-order valence-corrected chi connectivity index (χ1v) is 11.6. The zero-order valence-electron chi connectivity index (χ0n) is 16.2. The van der Waals surface area contributed by atoms with E-state index < -0.39 is 5.54 Å². The molecule has 2 aliphatic heterocycles. The predicted octanol–water partition coefficient (Wildman–Crippen LogP) is 6.43. The Morgan fingerprint density at radius 1 is 1.03 bits per heavy atom. The number of para-hydroxylation sites is 1. The summed E-state index contributed by atoms with van der Waals surface area (Å²) in [6.07, 6.45) is 0.906. The molecule has 1 spiro atoms. The fourth-order valence-electron chi connectivity index (χ4n) is 5.21. The van der Waals surface area contributed by atoms with Crippen LogP contribution >= 0.6 is 23.4 Å². The van der Waals surface area contributed by atoms with E-state index in [0.717, 1.165) is 51.0 Å². The minimum absolute atomic E-state index is 0.127. The second-order valence-electron chi connectivity index (χ2n) is 8.06. The molecule has 0 bridgehead atoms. The van der Waals surface area contributed by atoms with Gasteiger partial charge < -0.3 is 10.3 Å². The van der Waals surface area contributed by atoms with E-state index >= 15 is 0 Å². The molecule has 6 rings (SSSR count).